The van der Waals surface area contributed by atoms with Crippen molar-refractivity contribution in [3.8, 4) is 0 Å². The molecule has 0 rings (SSSR count). The van der Waals surface area contributed by atoms with Gasteiger partial charge in [-0.1, -0.05) is 36.4 Å². The van der Waals surface area contributed by atoms with Crippen LogP contribution in [0.15, 0.2) is 0 Å². The van der Waals surface area contributed by atoms with E-state index in [2.05, 4.69) is 0 Å². The lowest BCUT2D eigenvalue weighted by atomic mass is 9.98. The quantitative estimate of drug-likeness (QED) is 0.509. The molecule has 8 heavy (non-hydrogen) atoms. The minimum Gasteiger partial charge on any atom is -0.210 e. The van der Waals surface area contributed by atoms with Crippen molar-refractivity contribution in [3.05, 3.63) is 0 Å². The molecule has 0 aliphatic carbocycles. The highest BCUT2D eigenvalue weighted by atomic mass is 127. The predicted molar refractivity (Wildman–Crippen MR) is 38.7 cm³/mol. The third-order valence-electron chi connectivity index (χ3n) is 0.935. The predicted octanol–water partition coefficient (Wildman–Crippen LogP) is 2.71. The molecule has 0 nitrogen and oxygen atoms in total. The van der Waals surface area contributed by atoms with Crippen LogP contribution in [0.2, 0.25) is 0 Å². The van der Waals surface area contributed by atoms with Crippen molar-refractivity contribution in [2.45, 2.75) is 20.3 Å². The normalized spacial score (nSPS) is 12.8. The third-order valence-corrected chi connectivity index (χ3v) is 2.90. The van der Waals surface area contributed by atoms with Crippen LogP contribution >= 0.6 is 22.6 Å². The Labute approximate surface area is 61.8 Å². The minimum absolute atomic E-state index is 0.502. The van der Waals surface area contributed by atoms with Crippen LogP contribution in [0.25, 0.3) is 0 Å². The van der Waals surface area contributed by atoms with Gasteiger partial charge in [0, 0.05) is 9.84 Å². The van der Waals surface area contributed by atoms with Gasteiger partial charge in [-0.25, -0.2) is 8.78 Å². The van der Waals surface area contributed by atoms with Gasteiger partial charge in [0.25, 0.3) is 0 Å². The van der Waals surface area contributed by atoms with E-state index in [1.807, 2.05) is 22.6 Å². The van der Waals surface area contributed by atoms with Crippen molar-refractivity contribution < 1.29 is 8.78 Å². The molecule has 0 aromatic heterocycles. The van der Waals surface area contributed by atoms with Gasteiger partial charge in [0.05, 0.1) is 0 Å². The molecule has 0 unspecified atom stereocenters. The van der Waals surface area contributed by atoms with Crippen LogP contribution in [-0.2, 0) is 0 Å². The van der Waals surface area contributed by atoms with E-state index in [9.17, 15) is 8.78 Å². The minimum atomic E-state index is -2.20. The van der Waals surface area contributed by atoms with Crippen LogP contribution in [0.5, 0.6) is 0 Å². The van der Waals surface area contributed by atoms with Gasteiger partial charge in [-0.15, -0.1) is 0 Å². The van der Waals surface area contributed by atoms with Crippen molar-refractivity contribution in [3.63, 3.8) is 0 Å². The lowest BCUT2D eigenvalue weighted by molar-refractivity contribution is 0.0375. The van der Waals surface area contributed by atoms with Crippen molar-refractivity contribution >= 4 is 22.6 Å². The third kappa shape index (κ3) is 2.24. The lowest BCUT2D eigenvalue weighted by Crippen LogP contribution is -2.22. The first-order valence-corrected chi connectivity index (χ1v) is 3.87. The van der Waals surface area contributed by atoms with Gasteiger partial charge in [0.15, 0.2) is 0 Å². The zero-order valence-corrected chi connectivity index (χ0v) is 7.08. The Kier molecular flexibility index (Phi) is 3.16. The summed E-state index contributed by atoms with van der Waals surface area (Å²) in [6.07, 6.45) is -2.20. The number of halogens is 3. The Morgan fingerprint density at radius 2 is 1.88 bits per heavy atom. The van der Waals surface area contributed by atoms with E-state index in [0.29, 0.717) is 4.43 Å². The van der Waals surface area contributed by atoms with Crippen LogP contribution in [0, 0.1) is 5.41 Å². The number of rotatable bonds is 2. The van der Waals surface area contributed by atoms with E-state index in [0.717, 1.165) is 0 Å². The molecule has 0 aliphatic heterocycles. The second-order valence-electron chi connectivity index (χ2n) is 2.42. The molecule has 0 aromatic carbocycles. The summed E-state index contributed by atoms with van der Waals surface area (Å²) in [5.41, 5.74) is -0.805. The fraction of sp³-hybridized carbons (Fsp3) is 1.00. The van der Waals surface area contributed by atoms with E-state index in [-0.39, 0.29) is 0 Å². The zero-order valence-electron chi connectivity index (χ0n) is 4.92. The van der Waals surface area contributed by atoms with E-state index < -0.39 is 11.8 Å². The molecular formula is C5H9F2I. The van der Waals surface area contributed by atoms with Gasteiger partial charge < -0.3 is 0 Å². The number of hydrogen-bond donors (Lipinski definition) is 0. The van der Waals surface area contributed by atoms with Crippen molar-refractivity contribution in [2.75, 3.05) is 4.43 Å². The smallest absolute Gasteiger partial charge is 0.210 e. The number of hydrogen-bond acceptors (Lipinski definition) is 0. The van der Waals surface area contributed by atoms with Gasteiger partial charge in [0.1, 0.15) is 0 Å². The average molecular weight is 234 g/mol. The molecule has 3 heteroatoms. The van der Waals surface area contributed by atoms with Gasteiger partial charge in [-0.3, -0.25) is 0 Å². The van der Waals surface area contributed by atoms with E-state index in [1.54, 1.807) is 13.8 Å². The second-order valence-corrected chi connectivity index (χ2v) is 3.19. The van der Waals surface area contributed by atoms with E-state index >= 15 is 0 Å². The molecule has 0 radical (unpaired) electrons. The fourth-order valence-corrected chi connectivity index (χ4v) is 0.391. The van der Waals surface area contributed by atoms with Crippen LogP contribution in [0.3, 0.4) is 0 Å². The highest BCUT2D eigenvalue weighted by molar-refractivity contribution is 14.1. The Bertz CT molecular complexity index is 70.8. The topological polar surface area (TPSA) is 0 Å². The standard InChI is InChI=1S/C5H9F2I/c1-5(2,3-8)4(6)7/h4H,3H2,1-2H3. The average Bonchev–Trinajstić information content (AvgIpc) is 1.67. The van der Waals surface area contributed by atoms with Crippen LogP contribution in [0.1, 0.15) is 13.8 Å². The van der Waals surface area contributed by atoms with Crippen LogP contribution in [0.4, 0.5) is 8.78 Å². The van der Waals surface area contributed by atoms with Crippen molar-refractivity contribution in [2.24, 2.45) is 5.41 Å². The zero-order chi connectivity index (χ0) is 6.78. The van der Waals surface area contributed by atoms with Crippen molar-refractivity contribution in [1.29, 1.82) is 0 Å². The van der Waals surface area contributed by atoms with Gasteiger partial charge >= 0.3 is 0 Å². The molecule has 0 spiro atoms. The molecule has 0 saturated heterocycles. The maximum Gasteiger partial charge on any atom is 0.244 e. The summed E-state index contributed by atoms with van der Waals surface area (Å²) in [6.45, 7) is 3.12. The Morgan fingerprint density at radius 1 is 1.50 bits per heavy atom. The van der Waals surface area contributed by atoms with Gasteiger partial charge in [-0.05, 0) is 0 Å². The largest absolute Gasteiger partial charge is 0.244 e. The highest BCUT2D eigenvalue weighted by Crippen LogP contribution is 2.26. The molecule has 0 heterocycles. The molecule has 50 valence electrons. The van der Waals surface area contributed by atoms with Gasteiger partial charge in [-0.2, -0.15) is 0 Å². The first kappa shape index (κ1) is 8.59. The molecule has 0 aromatic rings. The molecule has 0 bridgehead atoms. The lowest BCUT2D eigenvalue weighted by Gasteiger charge is -2.19. The first-order chi connectivity index (χ1) is 3.50. The maximum atomic E-state index is 11.8. The molecule has 0 saturated carbocycles. The monoisotopic (exact) mass is 234 g/mol. The van der Waals surface area contributed by atoms with Crippen LogP contribution in [-0.4, -0.2) is 10.9 Å². The maximum absolute atomic E-state index is 11.8. The molecule has 0 fully saturated rings. The molecule has 0 N–H and O–H groups in total. The Hall–Kier alpha value is 0.590. The summed E-state index contributed by atoms with van der Waals surface area (Å²) in [7, 11) is 0. The molecule has 0 atom stereocenters. The summed E-state index contributed by atoms with van der Waals surface area (Å²) in [6, 6.07) is 0. The summed E-state index contributed by atoms with van der Waals surface area (Å²) >= 11 is 1.97. The first-order valence-electron chi connectivity index (χ1n) is 2.35. The summed E-state index contributed by atoms with van der Waals surface area (Å²) in [5, 5.41) is 0. The van der Waals surface area contributed by atoms with Gasteiger partial charge in [0.2, 0.25) is 6.43 Å². The Morgan fingerprint density at radius 3 is 1.88 bits per heavy atom. The summed E-state index contributed by atoms with van der Waals surface area (Å²) in [4.78, 5) is 0. The molecule has 0 aliphatic rings. The SMILES string of the molecule is CC(C)(CI)C(F)F. The number of alkyl halides is 3. The fourth-order valence-electron chi connectivity index (χ4n) is 0.0583. The summed E-state index contributed by atoms with van der Waals surface area (Å²) in [5.74, 6) is 0. The molecule has 0 amide bonds. The Balaban J connectivity index is 3.71. The summed E-state index contributed by atoms with van der Waals surface area (Å²) < 4.78 is 24.1. The van der Waals surface area contributed by atoms with E-state index in [4.69, 9.17) is 0 Å². The van der Waals surface area contributed by atoms with Crippen molar-refractivity contribution in [1.82, 2.24) is 0 Å². The highest BCUT2D eigenvalue weighted by Gasteiger charge is 2.27. The molecular weight excluding hydrogens is 225 g/mol. The second kappa shape index (κ2) is 2.94. The van der Waals surface area contributed by atoms with Crippen LogP contribution < -0.4 is 0 Å². The van der Waals surface area contributed by atoms with E-state index in [1.165, 1.54) is 0 Å².